The van der Waals surface area contributed by atoms with E-state index in [2.05, 4.69) is 57.4 Å². The van der Waals surface area contributed by atoms with E-state index in [4.69, 9.17) is 5.10 Å². The number of hydrogen-bond donors (Lipinski definition) is 0. The highest BCUT2D eigenvalue weighted by atomic mass is 32.1. The average molecular weight is 483 g/mol. The Morgan fingerprint density at radius 1 is 0.857 bits per heavy atom. The number of rotatable bonds is 6. The molecule has 0 amide bonds. The molecular weight excluding hydrogens is 456 g/mol. The molecule has 0 bridgehead atoms. The van der Waals surface area contributed by atoms with Gasteiger partial charge in [-0.15, -0.1) is 11.3 Å². The van der Waals surface area contributed by atoms with Gasteiger partial charge < -0.3 is 0 Å². The van der Waals surface area contributed by atoms with Crippen LogP contribution in [0.3, 0.4) is 0 Å². The van der Waals surface area contributed by atoms with Crippen LogP contribution < -0.4 is 5.56 Å². The molecule has 3 aromatic heterocycles. The van der Waals surface area contributed by atoms with Crippen LogP contribution in [0.5, 0.6) is 0 Å². The molecule has 1 saturated heterocycles. The van der Waals surface area contributed by atoms with Crippen molar-refractivity contribution in [3.63, 3.8) is 0 Å². The highest BCUT2D eigenvalue weighted by Gasteiger charge is 2.21. The van der Waals surface area contributed by atoms with Gasteiger partial charge in [-0.3, -0.25) is 19.0 Å². The van der Waals surface area contributed by atoms with Gasteiger partial charge in [0.05, 0.1) is 17.1 Å². The quantitative estimate of drug-likeness (QED) is 0.367. The standard InChI is InChI=1S/C27H26N6OS/c34-25-17-23(28-27-32(25)15-16-35-27)20-31-13-11-30(12-14-31)18-22-19-33(24-9-5-2-6-10-24)29-26(22)21-7-3-1-4-8-21/h1-10,15-17,19H,11-14,18,20H2. The molecule has 176 valence electrons. The maximum absolute atomic E-state index is 12.3. The van der Waals surface area contributed by atoms with E-state index in [9.17, 15) is 4.79 Å². The maximum Gasteiger partial charge on any atom is 0.258 e. The van der Waals surface area contributed by atoms with Crippen LogP contribution in [0.4, 0.5) is 0 Å². The summed E-state index contributed by atoms with van der Waals surface area (Å²) in [4.78, 5) is 22.6. The lowest BCUT2D eigenvalue weighted by molar-refractivity contribution is 0.121. The SMILES string of the molecule is O=c1cc(CN2CCN(Cc3cn(-c4ccccc4)nc3-c3ccccc3)CC2)nc2sccn12. The Bertz CT molecular complexity index is 1480. The number of benzene rings is 2. The lowest BCUT2D eigenvalue weighted by Crippen LogP contribution is -2.45. The number of thiazole rings is 1. The first-order valence-corrected chi connectivity index (χ1v) is 12.7. The number of hydrogen-bond acceptors (Lipinski definition) is 6. The summed E-state index contributed by atoms with van der Waals surface area (Å²) in [5.74, 6) is 0. The monoisotopic (exact) mass is 482 g/mol. The van der Waals surface area contributed by atoms with E-state index in [1.165, 1.54) is 16.9 Å². The fraction of sp³-hybridized carbons (Fsp3) is 0.222. The third-order valence-electron chi connectivity index (χ3n) is 6.46. The van der Waals surface area contributed by atoms with Gasteiger partial charge in [0.25, 0.3) is 5.56 Å². The third-order valence-corrected chi connectivity index (χ3v) is 7.22. The maximum atomic E-state index is 12.3. The molecule has 6 rings (SSSR count). The molecule has 1 aliphatic rings. The molecule has 8 heteroatoms. The molecule has 1 aliphatic heterocycles. The van der Waals surface area contributed by atoms with E-state index in [1.807, 2.05) is 34.3 Å². The predicted octanol–water partition coefficient (Wildman–Crippen LogP) is 3.93. The molecule has 0 unspecified atom stereocenters. The van der Waals surface area contributed by atoms with Crippen molar-refractivity contribution in [1.29, 1.82) is 0 Å². The van der Waals surface area contributed by atoms with Crippen molar-refractivity contribution in [2.45, 2.75) is 13.1 Å². The third kappa shape index (κ3) is 4.68. The van der Waals surface area contributed by atoms with Crippen LogP contribution in [0.25, 0.3) is 21.9 Å². The Morgan fingerprint density at radius 2 is 1.54 bits per heavy atom. The molecule has 0 radical (unpaired) electrons. The number of fused-ring (bicyclic) bond motifs is 1. The molecule has 35 heavy (non-hydrogen) atoms. The summed E-state index contributed by atoms with van der Waals surface area (Å²) in [6, 6.07) is 22.3. The van der Waals surface area contributed by atoms with Crippen molar-refractivity contribution >= 4 is 16.3 Å². The lowest BCUT2D eigenvalue weighted by Gasteiger charge is -2.34. The number of nitrogens with zero attached hydrogens (tertiary/aromatic N) is 6. The molecule has 5 aromatic rings. The second kappa shape index (κ2) is 9.58. The van der Waals surface area contributed by atoms with E-state index in [0.717, 1.165) is 60.3 Å². The van der Waals surface area contributed by atoms with Gasteiger partial charge in [-0.05, 0) is 12.1 Å². The van der Waals surface area contributed by atoms with Gasteiger partial charge >= 0.3 is 0 Å². The van der Waals surface area contributed by atoms with E-state index in [-0.39, 0.29) is 5.56 Å². The smallest absolute Gasteiger partial charge is 0.258 e. The Kier molecular flexibility index (Phi) is 5.99. The number of para-hydroxylation sites is 1. The van der Waals surface area contributed by atoms with Gasteiger partial charge in [0.2, 0.25) is 0 Å². The second-order valence-corrected chi connectivity index (χ2v) is 9.72. The first-order chi connectivity index (χ1) is 17.2. The van der Waals surface area contributed by atoms with Crippen LogP contribution >= 0.6 is 11.3 Å². The molecule has 4 heterocycles. The van der Waals surface area contributed by atoms with Crippen molar-refractivity contribution in [3.8, 4) is 16.9 Å². The summed E-state index contributed by atoms with van der Waals surface area (Å²) < 4.78 is 3.59. The molecule has 0 N–H and O–H groups in total. The van der Waals surface area contributed by atoms with Crippen LogP contribution in [0.15, 0.2) is 89.3 Å². The Labute approximate surface area is 207 Å². The minimum absolute atomic E-state index is 0.00578. The number of aromatic nitrogens is 4. The molecule has 0 atom stereocenters. The average Bonchev–Trinajstić information content (AvgIpc) is 3.54. The van der Waals surface area contributed by atoms with Crippen LogP contribution in [-0.4, -0.2) is 55.1 Å². The largest absolute Gasteiger partial charge is 0.296 e. The molecule has 0 spiro atoms. The molecule has 2 aromatic carbocycles. The van der Waals surface area contributed by atoms with Crippen molar-refractivity contribution in [3.05, 3.63) is 106 Å². The number of piperazine rings is 1. The van der Waals surface area contributed by atoms with Gasteiger partial charge in [0.15, 0.2) is 4.96 Å². The summed E-state index contributed by atoms with van der Waals surface area (Å²) in [6.45, 7) is 5.37. The molecule has 0 aliphatic carbocycles. The van der Waals surface area contributed by atoms with Gasteiger partial charge in [0, 0.05) is 74.2 Å². The Morgan fingerprint density at radius 3 is 2.29 bits per heavy atom. The molecular formula is C27H26N6OS. The van der Waals surface area contributed by atoms with Gasteiger partial charge in [0.1, 0.15) is 0 Å². The van der Waals surface area contributed by atoms with E-state index in [1.54, 1.807) is 16.7 Å². The van der Waals surface area contributed by atoms with Crippen molar-refractivity contribution in [2.24, 2.45) is 0 Å². The summed E-state index contributed by atoms with van der Waals surface area (Å²) in [5.41, 5.74) is 5.30. The fourth-order valence-electron chi connectivity index (χ4n) is 4.62. The van der Waals surface area contributed by atoms with Gasteiger partial charge in [-0.2, -0.15) is 5.10 Å². The van der Waals surface area contributed by atoms with E-state index >= 15 is 0 Å². The van der Waals surface area contributed by atoms with E-state index in [0.29, 0.717) is 6.54 Å². The van der Waals surface area contributed by atoms with Crippen molar-refractivity contribution in [1.82, 2.24) is 29.0 Å². The van der Waals surface area contributed by atoms with Crippen LogP contribution in [-0.2, 0) is 13.1 Å². The summed E-state index contributed by atoms with van der Waals surface area (Å²) in [5, 5.41) is 6.86. The minimum Gasteiger partial charge on any atom is -0.296 e. The zero-order valence-corrected chi connectivity index (χ0v) is 20.1. The van der Waals surface area contributed by atoms with Crippen LogP contribution in [0, 0.1) is 0 Å². The highest BCUT2D eigenvalue weighted by Crippen LogP contribution is 2.25. The topological polar surface area (TPSA) is 58.7 Å². The fourth-order valence-corrected chi connectivity index (χ4v) is 5.36. The molecule has 1 fully saturated rings. The minimum atomic E-state index is -0.00578. The van der Waals surface area contributed by atoms with Crippen LogP contribution in [0.1, 0.15) is 11.3 Å². The summed E-state index contributed by atoms with van der Waals surface area (Å²) >= 11 is 1.50. The molecule has 7 nitrogen and oxygen atoms in total. The normalized spacial score (nSPS) is 15.1. The zero-order chi connectivity index (χ0) is 23.6. The summed E-state index contributed by atoms with van der Waals surface area (Å²) in [7, 11) is 0. The Balaban J connectivity index is 1.16. The lowest BCUT2D eigenvalue weighted by atomic mass is 10.1. The van der Waals surface area contributed by atoms with Crippen molar-refractivity contribution < 1.29 is 0 Å². The predicted molar refractivity (Wildman–Crippen MR) is 139 cm³/mol. The molecule has 0 saturated carbocycles. The van der Waals surface area contributed by atoms with E-state index < -0.39 is 0 Å². The van der Waals surface area contributed by atoms with Gasteiger partial charge in [-0.25, -0.2) is 9.67 Å². The van der Waals surface area contributed by atoms with Crippen molar-refractivity contribution in [2.75, 3.05) is 26.2 Å². The summed E-state index contributed by atoms with van der Waals surface area (Å²) in [6.07, 6.45) is 3.94. The Hall–Kier alpha value is -3.59. The first-order valence-electron chi connectivity index (χ1n) is 11.8. The highest BCUT2D eigenvalue weighted by molar-refractivity contribution is 7.15. The first kappa shape index (κ1) is 21.9. The zero-order valence-electron chi connectivity index (χ0n) is 19.3. The second-order valence-electron chi connectivity index (χ2n) is 8.84. The van der Waals surface area contributed by atoms with Crippen LogP contribution in [0.2, 0.25) is 0 Å². The van der Waals surface area contributed by atoms with Gasteiger partial charge in [-0.1, -0.05) is 48.5 Å².